The maximum absolute atomic E-state index is 12.0. The minimum Gasteiger partial charge on any atom is -0.383 e. The van der Waals surface area contributed by atoms with E-state index in [9.17, 15) is 13.9 Å². The first-order chi connectivity index (χ1) is 6.13. The SMILES string of the molecule is OC(C(Cl)=C(F)F)c1ccccc1. The summed E-state index contributed by atoms with van der Waals surface area (Å²) < 4.78 is 23.9. The Hall–Kier alpha value is -0.930. The van der Waals surface area contributed by atoms with E-state index >= 15 is 0 Å². The molecule has 0 aliphatic carbocycles. The highest BCUT2D eigenvalue weighted by molar-refractivity contribution is 6.30. The van der Waals surface area contributed by atoms with Gasteiger partial charge < -0.3 is 5.11 Å². The van der Waals surface area contributed by atoms with Crippen LogP contribution in [0.5, 0.6) is 0 Å². The van der Waals surface area contributed by atoms with E-state index in [4.69, 9.17) is 11.6 Å². The minimum absolute atomic E-state index is 0.348. The molecule has 0 bridgehead atoms. The Labute approximate surface area is 79.3 Å². The van der Waals surface area contributed by atoms with Gasteiger partial charge in [-0.25, -0.2) is 0 Å². The second-order valence-corrected chi connectivity index (χ2v) is 2.83. The van der Waals surface area contributed by atoms with E-state index in [0.29, 0.717) is 5.56 Å². The van der Waals surface area contributed by atoms with Crippen molar-refractivity contribution in [2.24, 2.45) is 0 Å². The van der Waals surface area contributed by atoms with Gasteiger partial charge in [0.15, 0.2) is 0 Å². The lowest BCUT2D eigenvalue weighted by Gasteiger charge is -2.07. The minimum atomic E-state index is -2.06. The van der Waals surface area contributed by atoms with Gasteiger partial charge in [-0.2, -0.15) is 8.78 Å². The Bertz CT molecular complexity index is 307. The number of hydrogen-bond donors (Lipinski definition) is 1. The molecule has 0 spiro atoms. The molecule has 0 amide bonds. The van der Waals surface area contributed by atoms with Gasteiger partial charge in [-0.3, -0.25) is 0 Å². The Kier molecular flexibility index (Phi) is 3.39. The summed E-state index contributed by atoms with van der Waals surface area (Å²) in [5, 5.41) is 8.46. The average Bonchev–Trinajstić information content (AvgIpc) is 2.17. The topological polar surface area (TPSA) is 20.2 Å². The first-order valence-electron chi connectivity index (χ1n) is 3.56. The summed E-state index contributed by atoms with van der Waals surface area (Å²) in [6, 6.07) is 8.04. The Morgan fingerprint density at radius 2 is 1.77 bits per heavy atom. The molecular formula is C9H7ClF2O. The van der Waals surface area contributed by atoms with Gasteiger partial charge in [0.2, 0.25) is 0 Å². The zero-order chi connectivity index (χ0) is 9.84. The third kappa shape index (κ3) is 2.50. The maximum Gasteiger partial charge on any atom is 0.287 e. The standard InChI is InChI=1S/C9H7ClF2O/c10-7(9(11)12)8(13)6-4-2-1-3-5-6/h1-5,8,13H. The van der Waals surface area contributed by atoms with Gasteiger partial charge in [0.1, 0.15) is 11.1 Å². The van der Waals surface area contributed by atoms with Crippen molar-refractivity contribution in [1.82, 2.24) is 0 Å². The van der Waals surface area contributed by atoms with Crippen molar-refractivity contribution in [1.29, 1.82) is 0 Å². The number of aliphatic hydroxyl groups excluding tert-OH is 1. The predicted octanol–water partition coefficient (Wildman–Crippen LogP) is 3.07. The fourth-order valence-corrected chi connectivity index (χ4v) is 1.01. The van der Waals surface area contributed by atoms with E-state index in [1.165, 1.54) is 12.1 Å². The molecule has 0 radical (unpaired) electrons. The van der Waals surface area contributed by atoms with E-state index in [1.54, 1.807) is 18.2 Å². The number of halogens is 3. The van der Waals surface area contributed by atoms with Gasteiger partial charge in [0.05, 0.1) is 0 Å². The van der Waals surface area contributed by atoms with Crippen molar-refractivity contribution in [3.63, 3.8) is 0 Å². The van der Waals surface area contributed by atoms with Crippen LogP contribution in [0.3, 0.4) is 0 Å². The second-order valence-electron chi connectivity index (χ2n) is 2.42. The van der Waals surface area contributed by atoms with E-state index in [2.05, 4.69) is 0 Å². The molecule has 0 fully saturated rings. The normalized spacial score (nSPS) is 12.3. The molecule has 1 atom stereocenters. The van der Waals surface area contributed by atoms with E-state index in [0.717, 1.165) is 0 Å². The molecule has 1 N–H and O–H groups in total. The van der Waals surface area contributed by atoms with Gasteiger partial charge in [-0.05, 0) is 5.56 Å². The molecule has 1 aromatic carbocycles. The molecule has 1 rings (SSSR count). The van der Waals surface area contributed by atoms with Crippen LogP contribution in [0.2, 0.25) is 0 Å². The lowest BCUT2D eigenvalue weighted by molar-refractivity contribution is 0.214. The van der Waals surface area contributed by atoms with Crippen LogP contribution in [0.15, 0.2) is 41.4 Å². The highest BCUT2D eigenvalue weighted by atomic mass is 35.5. The lowest BCUT2D eigenvalue weighted by atomic mass is 10.1. The molecule has 0 saturated heterocycles. The quantitative estimate of drug-likeness (QED) is 0.785. The zero-order valence-electron chi connectivity index (χ0n) is 6.55. The maximum atomic E-state index is 12.0. The van der Waals surface area contributed by atoms with Crippen LogP contribution in [0.25, 0.3) is 0 Å². The molecule has 4 heteroatoms. The number of benzene rings is 1. The van der Waals surface area contributed by atoms with E-state index in [-0.39, 0.29) is 0 Å². The Morgan fingerprint density at radius 3 is 2.23 bits per heavy atom. The third-order valence-corrected chi connectivity index (χ3v) is 1.89. The summed E-state index contributed by atoms with van der Waals surface area (Å²) in [5.74, 6) is 0. The number of aliphatic hydroxyl groups is 1. The molecule has 70 valence electrons. The zero-order valence-corrected chi connectivity index (χ0v) is 7.30. The Morgan fingerprint density at radius 1 is 1.23 bits per heavy atom. The summed E-state index contributed by atoms with van der Waals surface area (Å²) in [6.45, 7) is 0. The summed E-state index contributed by atoms with van der Waals surface area (Å²) in [6.07, 6.45) is -3.49. The third-order valence-electron chi connectivity index (χ3n) is 1.54. The van der Waals surface area contributed by atoms with Crippen LogP contribution in [0, 0.1) is 0 Å². The van der Waals surface area contributed by atoms with E-state index < -0.39 is 17.2 Å². The summed E-state index contributed by atoms with van der Waals surface area (Å²) in [4.78, 5) is 0. The number of hydrogen-bond acceptors (Lipinski definition) is 1. The van der Waals surface area contributed by atoms with E-state index in [1.807, 2.05) is 0 Å². The van der Waals surface area contributed by atoms with Crippen LogP contribution in [0.4, 0.5) is 8.78 Å². The van der Waals surface area contributed by atoms with Crippen LogP contribution in [-0.2, 0) is 0 Å². The van der Waals surface area contributed by atoms with Gasteiger partial charge in [-0.1, -0.05) is 41.9 Å². The summed E-state index contributed by atoms with van der Waals surface area (Å²) >= 11 is 5.18. The molecule has 0 heterocycles. The van der Waals surface area contributed by atoms with Crippen molar-refractivity contribution in [2.45, 2.75) is 6.10 Å². The van der Waals surface area contributed by atoms with Crippen molar-refractivity contribution in [3.05, 3.63) is 47.0 Å². The van der Waals surface area contributed by atoms with Crippen molar-refractivity contribution in [3.8, 4) is 0 Å². The molecule has 13 heavy (non-hydrogen) atoms. The van der Waals surface area contributed by atoms with Gasteiger partial charge in [0, 0.05) is 0 Å². The van der Waals surface area contributed by atoms with Gasteiger partial charge in [-0.15, -0.1) is 0 Å². The second kappa shape index (κ2) is 4.35. The van der Waals surface area contributed by atoms with Crippen LogP contribution < -0.4 is 0 Å². The summed E-state index contributed by atoms with van der Waals surface area (Å²) in [7, 11) is 0. The molecule has 1 unspecified atom stereocenters. The molecule has 1 aromatic rings. The number of rotatable bonds is 2. The smallest absolute Gasteiger partial charge is 0.287 e. The van der Waals surface area contributed by atoms with Crippen LogP contribution in [0.1, 0.15) is 11.7 Å². The molecule has 0 aromatic heterocycles. The summed E-state index contributed by atoms with van der Waals surface area (Å²) in [5.41, 5.74) is 0.348. The largest absolute Gasteiger partial charge is 0.383 e. The molecule has 0 saturated carbocycles. The highest BCUT2D eigenvalue weighted by Crippen LogP contribution is 2.28. The van der Waals surface area contributed by atoms with Crippen LogP contribution >= 0.6 is 11.6 Å². The van der Waals surface area contributed by atoms with Gasteiger partial charge in [0.25, 0.3) is 6.08 Å². The molecule has 1 nitrogen and oxygen atoms in total. The monoisotopic (exact) mass is 204 g/mol. The Balaban J connectivity index is 2.93. The lowest BCUT2D eigenvalue weighted by Crippen LogP contribution is -1.97. The van der Waals surface area contributed by atoms with Crippen molar-refractivity contribution in [2.75, 3.05) is 0 Å². The fraction of sp³-hybridized carbons (Fsp3) is 0.111. The van der Waals surface area contributed by atoms with Gasteiger partial charge >= 0.3 is 0 Å². The van der Waals surface area contributed by atoms with Crippen LogP contribution in [-0.4, -0.2) is 5.11 Å². The predicted molar refractivity (Wildman–Crippen MR) is 46.5 cm³/mol. The molecule has 0 aliphatic heterocycles. The fourth-order valence-electron chi connectivity index (χ4n) is 0.885. The first kappa shape index (κ1) is 10.2. The highest BCUT2D eigenvalue weighted by Gasteiger charge is 2.15. The molecular weight excluding hydrogens is 198 g/mol. The van der Waals surface area contributed by atoms with Crippen molar-refractivity contribution >= 4 is 11.6 Å². The average molecular weight is 205 g/mol. The first-order valence-corrected chi connectivity index (χ1v) is 3.94. The van der Waals surface area contributed by atoms with Crippen molar-refractivity contribution < 1.29 is 13.9 Å². The molecule has 0 aliphatic rings.